The maximum absolute atomic E-state index is 12.0. The summed E-state index contributed by atoms with van der Waals surface area (Å²) < 4.78 is 0. The molecule has 4 nitrogen and oxygen atoms in total. The number of hydrogen-bond acceptors (Lipinski definition) is 3. The summed E-state index contributed by atoms with van der Waals surface area (Å²) in [5.41, 5.74) is 4.55. The monoisotopic (exact) mass is 345 g/mol. The number of nitrogens with one attached hydrogen (secondary N) is 2. The van der Waals surface area contributed by atoms with Gasteiger partial charge in [-0.3, -0.25) is 4.79 Å². The maximum atomic E-state index is 12.0. The first-order chi connectivity index (χ1) is 12.7. The highest BCUT2D eigenvalue weighted by Crippen LogP contribution is 2.12. The van der Waals surface area contributed by atoms with Gasteiger partial charge >= 0.3 is 0 Å². The summed E-state index contributed by atoms with van der Waals surface area (Å²) in [6, 6.07) is 22.2. The molecule has 2 N–H and O–H groups in total. The topological polar surface area (TPSA) is 54.0 Å². The van der Waals surface area contributed by atoms with Crippen LogP contribution in [-0.2, 0) is 17.8 Å². The lowest BCUT2D eigenvalue weighted by Gasteiger charge is -2.08. The van der Waals surface area contributed by atoms with Crippen LogP contribution in [0.5, 0.6) is 0 Å². The van der Waals surface area contributed by atoms with Crippen LogP contribution in [0, 0.1) is 6.92 Å². The third-order valence-electron chi connectivity index (χ3n) is 4.13. The van der Waals surface area contributed by atoms with Gasteiger partial charge in [-0.05, 0) is 36.6 Å². The smallest absolute Gasteiger partial charge is 0.225 e. The lowest BCUT2D eigenvalue weighted by Crippen LogP contribution is -2.13. The van der Waals surface area contributed by atoms with Gasteiger partial charge in [-0.25, -0.2) is 4.98 Å². The molecule has 0 saturated carbocycles. The van der Waals surface area contributed by atoms with Gasteiger partial charge in [0.1, 0.15) is 5.82 Å². The number of anilines is 2. The van der Waals surface area contributed by atoms with E-state index in [0.29, 0.717) is 12.2 Å². The molecule has 0 aliphatic carbocycles. The molecule has 0 spiro atoms. The van der Waals surface area contributed by atoms with Crippen molar-refractivity contribution in [2.24, 2.45) is 0 Å². The number of hydrogen-bond donors (Lipinski definition) is 2. The number of amides is 1. The van der Waals surface area contributed by atoms with Gasteiger partial charge in [0.2, 0.25) is 5.91 Å². The number of aryl methyl sites for hydroxylation is 2. The van der Waals surface area contributed by atoms with Gasteiger partial charge in [0.25, 0.3) is 0 Å². The molecule has 0 aliphatic rings. The molecule has 3 rings (SSSR count). The Kier molecular flexibility index (Phi) is 5.99. The molecule has 26 heavy (non-hydrogen) atoms. The zero-order valence-electron chi connectivity index (χ0n) is 14.9. The lowest BCUT2D eigenvalue weighted by atomic mass is 10.1. The van der Waals surface area contributed by atoms with E-state index < -0.39 is 0 Å². The van der Waals surface area contributed by atoms with Crippen LogP contribution in [0.25, 0.3) is 0 Å². The van der Waals surface area contributed by atoms with E-state index in [1.54, 1.807) is 6.20 Å². The van der Waals surface area contributed by atoms with Crippen molar-refractivity contribution < 1.29 is 4.79 Å². The molecule has 3 aromatic rings. The summed E-state index contributed by atoms with van der Waals surface area (Å²) in [7, 11) is 0. The maximum Gasteiger partial charge on any atom is 0.225 e. The second kappa shape index (κ2) is 8.81. The van der Waals surface area contributed by atoms with Crippen LogP contribution in [0.2, 0.25) is 0 Å². The van der Waals surface area contributed by atoms with E-state index in [2.05, 4.69) is 46.8 Å². The molecule has 0 atom stereocenters. The van der Waals surface area contributed by atoms with E-state index in [9.17, 15) is 4.79 Å². The zero-order valence-corrected chi connectivity index (χ0v) is 14.9. The standard InChI is InChI=1S/C22H23N3O/c1-17-7-9-19(10-8-17)15-23-20-12-13-21(24-16-20)25-22(26)14-11-18-5-3-2-4-6-18/h2-10,12-13,16,23H,11,14-15H2,1H3,(H,24,25,26). The van der Waals surface area contributed by atoms with Gasteiger partial charge in [-0.15, -0.1) is 0 Å². The van der Waals surface area contributed by atoms with Crippen LogP contribution in [0.1, 0.15) is 23.1 Å². The number of benzene rings is 2. The lowest BCUT2D eigenvalue weighted by molar-refractivity contribution is -0.116. The Hall–Kier alpha value is -3.14. The Labute approximate surface area is 154 Å². The number of carbonyl (C=O) groups excluding carboxylic acids is 1. The summed E-state index contributed by atoms with van der Waals surface area (Å²) >= 11 is 0. The van der Waals surface area contributed by atoms with Gasteiger partial charge < -0.3 is 10.6 Å². The Morgan fingerprint density at radius 1 is 0.923 bits per heavy atom. The molecule has 1 heterocycles. The molecule has 0 aliphatic heterocycles. The molecule has 4 heteroatoms. The van der Waals surface area contributed by atoms with Crippen molar-refractivity contribution in [2.45, 2.75) is 26.3 Å². The van der Waals surface area contributed by atoms with Crippen molar-refractivity contribution in [1.82, 2.24) is 4.98 Å². The fourth-order valence-corrected chi connectivity index (χ4v) is 2.59. The van der Waals surface area contributed by atoms with E-state index in [0.717, 1.165) is 24.2 Å². The number of aromatic nitrogens is 1. The molecule has 1 amide bonds. The number of carbonyl (C=O) groups is 1. The molecule has 0 radical (unpaired) electrons. The molecule has 0 bridgehead atoms. The Morgan fingerprint density at radius 3 is 2.38 bits per heavy atom. The minimum absolute atomic E-state index is 0.0262. The number of rotatable bonds is 7. The van der Waals surface area contributed by atoms with Crippen molar-refractivity contribution >= 4 is 17.4 Å². The molecule has 1 aromatic heterocycles. The van der Waals surface area contributed by atoms with Crippen molar-refractivity contribution in [3.8, 4) is 0 Å². The van der Waals surface area contributed by atoms with E-state index in [1.807, 2.05) is 42.5 Å². The largest absolute Gasteiger partial charge is 0.380 e. The summed E-state index contributed by atoms with van der Waals surface area (Å²) in [6.07, 6.45) is 2.91. The normalized spacial score (nSPS) is 10.3. The quantitative estimate of drug-likeness (QED) is 0.659. The number of pyridine rings is 1. The molecule has 132 valence electrons. The van der Waals surface area contributed by atoms with Gasteiger partial charge in [0.05, 0.1) is 11.9 Å². The molecular weight excluding hydrogens is 322 g/mol. The number of nitrogens with zero attached hydrogens (tertiary/aromatic N) is 1. The highest BCUT2D eigenvalue weighted by atomic mass is 16.1. The average Bonchev–Trinajstić information content (AvgIpc) is 2.68. The first kappa shape index (κ1) is 17.7. The Bertz CT molecular complexity index is 828. The van der Waals surface area contributed by atoms with Crippen LogP contribution in [-0.4, -0.2) is 10.9 Å². The summed E-state index contributed by atoms with van der Waals surface area (Å²) in [5, 5.41) is 6.17. The minimum atomic E-state index is -0.0262. The Balaban J connectivity index is 1.46. The second-order valence-electron chi connectivity index (χ2n) is 6.31. The first-order valence-electron chi connectivity index (χ1n) is 8.78. The summed E-state index contributed by atoms with van der Waals surface area (Å²) in [5.74, 6) is 0.547. The van der Waals surface area contributed by atoms with Crippen molar-refractivity contribution in [2.75, 3.05) is 10.6 Å². The van der Waals surface area contributed by atoms with E-state index in [1.165, 1.54) is 11.1 Å². The zero-order chi connectivity index (χ0) is 18.2. The predicted molar refractivity (Wildman–Crippen MR) is 106 cm³/mol. The Morgan fingerprint density at radius 2 is 1.69 bits per heavy atom. The van der Waals surface area contributed by atoms with E-state index in [4.69, 9.17) is 0 Å². The predicted octanol–water partition coefficient (Wildman–Crippen LogP) is 4.57. The van der Waals surface area contributed by atoms with Crippen molar-refractivity contribution in [3.63, 3.8) is 0 Å². The van der Waals surface area contributed by atoms with Crippen molar-refractivity contribution in [3.05, 3.63) is 89.6 Å². The summed E-state index contributed by atoms with van der Waals surface area (Å²) in [4.78, 5) is 16.3. The molecule has 0 fully saturated rings. The SMILES string of the molecule is Cc1ccc(CNc2ccc(NC(=O)CCc3ccccc3)nc2)cc1. The van der Waals surface area contributed by atoms with E-state index in [-0.39, 0.29) is 5.91 Å². The fourth-order valence-electron chi connectivity index (χ4n) is 2.59. The molecule has 2 aromatic carbocycles. The van der Waals surface area contributed by atoms with Gasteiger partial charge in [-0.2, -0.15) is 0 Å². The van der Waals surface area contributed by atoms with Crippen molar-refractivity contribution in [1.29, 1.82) is 0 Å². The van der Waals surface area contributed by atoms with Crippen LogP contribution in [0.3, 0.4) is 0 Å². The molecule has 0 unspecified atom stereocenters. The van der Waals surface area contributed by atoms with Crippen LogP contribution in [0.4, 0.5) is 11.5 Å². The second-order valence-corrected chi connectivity index (χ2v) is 6.31. The molecular formula is C22H23N3O. The molecule has 0 saturated heterocycles. The van der Waals surface area contributed by atoms with Gasteiger partial charge in [0, 0.05) is 13.0 Å². The third kappa shape index (κ3) is 5.45. The van der Waals surface area contributed by atoms with Crippen LogP contribution >= 0.6 is 0 Å². The third-order valence-corrected chi connectivity index (χ3v) is 4.13. The van der Waals surface area contributed by atoms with Gasteiger partial charge in [0.15, 0.2) is 0 Å². The highest BCUT2D eigenvalue weighted by Gasteiger charge is 2.04. The van der Waals surface area contributed by atoms with E-state index >= 15 is 0 Å². The fraction of sp³-hybridized carbons (Fsp3) is 0.182. The minimum Gasteiger partial charge on any atom is -0.380 e. The highest BCUT2D eigenvalue weighted by molar-refractivity contribution is 5.89. The average molecular weight is 345 g/mol. The van der Waals surface area contributed by atoms with Gasteiger partial charge in [-0.1, -0.05) is 60.2 Å². The van der Waals surface area contributed by atoms with Crippen LogP contribution in [0.15, 0.2) is 72.9 Å². The first-order valence-corrected chi connectivity index (χ1v) is 8.78. The van der Waals surface area contributed by atoms with Crippen LogP contribution < -0.4 is 10.6 Å². The summed E-state index contributed by atoms with van der Waals surface area (Å²) in [6.45, 7) is 2.82.